The number of para-hydroxylation sites is 1. The average molecular weight is 240 g/mol. The van der Waals surface area contributed by atoms with Crippen LogP contribution in [-0.2, 0) is 0 Å². The Kier molecular flexibility index (Phi) is 3.15. The van der Waals surface area contributed by atoms with E-state index in [9.17, 15) is 0 Å². The molecule has 0 atom stereocenters. The highest BCUT2D eigenvalue weighted by atomic mass is 16.5. The summed E-state index contributed by atoms with van der Waals surface area (Å²) < 4.78 is 5.76. The Bertz CT molecular complexity index is 490. The van der Waals surface area contributed by atoms with Crippen molar-refractivity contribution in [2.45, 2.75) is 0 Å². The Morgan fingerprint density at radius 2 is 1.61 bits per heavy atom. The van der Waals surface area contributed by atoms with Gasteiger partial charge >= 0.3 is 0 Å². The average Bonchev–Trinajstić information content (AvgIpc) is 2.95. The van der Waals surface area contributed by atoms with Crippen LogP contribution in [-0.4, -0.2) is 19.8 Å². The molecule has 0 aliphatic carbocycles. The number of rotatable bonds is 3. The Hall–Kier alpha value is -2.00. The second-order valence-corrected chi connectivity index (χ2v) is 4.33. The molecule has 2 aromatic carbocycles. The van der Waals surface area contributed by atoms with Crippen molar-refractivity contribution in [3.05, 3.63) is 54.6 Å². The fourth-order valence-corrected chi connectivity index (χ4v) is 2.08. The first kappa shape index (κ1) is 11.1. The number of nitrogens with zero attached hydrogens (tertiary/aromatic N) is 1. The highest BCUT2D eigenvalue weighted by Crippen LogP contribution is 2.24. The minimum atomic E-state index is 0.869. The van der Waals surface area contributed by atoms with Gasteiger partial charge in [0.1, 0.15) is 11.5 Å². The van der Waals surface area contributed by atoms with Gasteiger partial charge in [-0.25, -0.2) is 0 Å². The third-order valence-corrected chi connectivity index (χ3v) is 3.04. The van der Waals surface area contributed by atoms with Crippen molar-refractivity contribution >= 4 is 5.69 Å². The van der Waals surface area contributed by atoms with E-state index in [1.165, 1.54) is 5.69 Å². The highest BCUT2D eigenvalue weighted by Gasteiger charge is 2.11. The van der Waals surface area contributed by atoms with Gasteiger partial charge in [-0.15, -0.1) is 0 Å². The highest BCUT2D eigenvalue weighted by molar-refractivity contribution is 5.50. The van der Waals surface area contributed by atoms with Crippen molar-refractivity contribution in [1.29, 1.82) is 0 Å². The topological polar surface area (TPSA) is 24.5 Å². The van der Waals surface area contributed by atoms with Gasteiger partial charge in [-0.3, -0.25) is 5.32 Å². The lowest BCUT2D eigenvalue weighted by Gasteiger charge is -2.16. The summed E-state index contributed by atoms with van der Waals surface area (Å²) in [4.78, 5) is 2.31. The van der Waals surface area contributed by atoms with Gasteiger partial charge in [0.25, 0.3) is 0 Å². The van der Waals surface area contributed by atoms with Gasteiger partial charge in [-0.05, 0) is 36.4 Å². The monoisotopic (exact) mass is 240 g/mol. The van der Waals surface area contributed by atoms with E-state index in [1.54, 1.807) is 0 Å². The molecule has 1 saturated heterocycles. The molecule has 3 nitrogen and oxygen atoms in total. The van der Waals surface area contributed by atoms with E-state index in [0.717, 1.165) is 31.3 Å². The van der Waals surface area contributed by atoms with Crippen LogP contribution in [0.25, 0.3) is 0 Å². The predicted molar refractivity (Wildman–Crippen MR) is 73.2 cm³/mol. The molecule has 18 heavy (non-hydrogen) atoms. The SMILES string of the molecule is c1ccc(Oc2ccc(N3CCNC3)cc2)cc1. The number of anilines is 1. The number of hydrogen-bond acceptors (Lipinski definition) is 3. The quantitative estimate of drug-likeness (QED) is 0.892. The Labute approximate surface area is 107 Å². The van der Waals surface area contributed by atoms with Crippen molar-refractivity contribution < 1.29 is 4.74 Å². The lowest BCUT2D eigenvalue weighted by atomic mass is 10.3. The van der Waals surface area contributed by atoms with E-state index in [4.69, 9.17) is 4.74 Å². The molecular weight excluding hydrogens is 224 g/mol. The summed E-state index contributed by atoms with van der Waals surface area (Å²) in [5.41, 5.74) is 1.24. The number of nitrogens with one attached hydrogen (secondary N) is 1. The molecule has 1 heterocycles. The van der Waals surface area contributed by atoms with Gasteiger partial charge < -0.3 is 9.64 Å². The fourth-order valence-electron chi connectivity index (χ4n) is 2.08. The van der Waals surface area contributed by atoms with Gasteiger partial charge in [-0.1, -0.05) is 18.2 Å². The van der Waals surface area contributed by atoms with Crippen LogP contribution in [0.2, 0.25) is 0 Å². The first-order valence-electron chi connectivity index (χ1n) is 6.20. The minimum Gasteiger partial charge on any atom is -0.457 e. The van der Waals surface area contributed by atoms with Crippen LogP contribution in [0.4, 0.5) is 5.69 Å². The number of benzene rings is 2. The summed E-state index contributed by atoms with van der Waals surface area (Å²) in [5, 5.41) is 3.32. The predicted octanol–water partition coefficient (Wildman–Crippen LogP) is 2.85. The summed E-state index contributed by atoms with van der Waals surface area (Å²) >= 11 is 0. The van der Waals surface area contributed by atoms with E-state index in [2.05, 4.69) is 22.3 Å². The first-order valence-corrected chi connectivity index (χ1v) is 6.20. The molecule has 92 valence electrons. The van der Waals surface area contributed by atoms with E-state index >= 15 is 0 Å². The zero-order valence-electron chi connectivity index (χ0n) is 10.2. The van der Waals surface area contributed by atoms with Crippen molar-refractivity contribution in [2.75, 3.05) is 24.7 Å². The van der Waals surface area contributed by atoms with Crippen LogP contribution in [0.15, 0.2) is 54.6 Å². The third-order valence-electron chi connectivity index (χ3n) is 3.04. The molecule has 3 heteroatoms. The van der Waals surface area contributed by atoms with Crippen LogP contribution in [0.1, 0.15) is 0 Å². The summed E-state index contributed by atoms with van der Waals surface area (Å²) in [6.07, 6.45) is 0. The summed E-state index contributed by atoms with van der Waals surface area (Å²) in [7, 11) is 0. The van der Waals surface area contributed by atoms with E-state index in [-0.39, 0.29) is 0 Å². The largest absolute Gasteiger partial charge is 0.457 e. The van der Waals surface area contributed by atoms with E-state index in [1.807, 2.05) is 42.5 Å². The van der Waals surface area contributed by atoms with Gasteiger partial charge in [-0.2, -0.15) is 0 Å². The Morgan fingerprint density at radius 3 is 2.28 bits per heavy atom. The fraction of sp³-hybridized carbons (Fsp3) is 0.200. The van der Waals surface area contributed by atoms with Gasteiger partial charge in [0.2, 0.25) is 0 Å². The molecule has 3 rings (SSSR count). The Morgan fingerprint density at radius 1 is 0.889 bits per heavy atom. The van der Waals surface area contributed by atoms with E-state index in [0.29, 0.717) is 0 Å². The van der Waals surface area contributed by atoms with Crippen LogP contribution >= 0.6 is 0 Å². The summed E-state index contributed by atoms with van der Waals surface area (Å²) in [6.45, 7) is 3.06. The first-order chi connectivity index (χ1) is 8.92. The van der Waals surface area contributed by atoms with Crippen LogP contribution in [0.3, 0.4) is 0 Å². The van der Waals surface area contributed by atoms with Crippen LogP contribution in [0.5, 0.6) is 11.5 Å². The second kappa shape index (κ2) is 5.10. The molecule has 0 amide bonds. The second-order valence-electron chi connectivity index (χ2n) is 4.33. The molecule has 0 spiro atoms. The molecular formula is C15H16N2O. The Balaban J connectivity index is 1.71. The normalized spacial score (nSPS) is 14.8. The zero-order valence-corrected chi connectivity index (χ0v) is 10.2. The lowest BCUT2D eigenvalue weighted by molar-refractivity contribution is 0.482. The molecule has 0 saturated carbocycles. The van der Waals surface area contributed by atoms with Crippen LogP contribution in [0, 0.1) is 0 Å². The number of hydrogen-bond donors (Lipinski definition) is 1. The molecule has 0 unspecified atom stereocenters. The van der Waals surface area contributed by atoms with Gasteiger partial charge in [0.15, 0.2) is 0 Å². The molecule has 0 bridgehead atoms. The van der Waals surface area contributed by atoms with Crippen molar-refractivity contribution in [2.24, 2.45) is 0 Å². The molecule has 2 aromatic rings. The number of ether oxygens (including phenoxy) is 1. The maximum absolute atomic E-state index is 5.76. The molecule has 0 radical (unpaired) electrons. The summed E-state index contributed by atoms with van der Waals surface area (Å²) in [6, 6.07) is 18.1. The molecule has 0 aromatic heterocycles. The zero-order chi connectivity index (χ0) is 12.2. The molecule has 1 N–H and O–H groups in total. The van der Waals surface area contributed by atoms with Gasteiger partial charge in [0.05, 0.1) is 6.67 Å². The maximum Gasteiger partial charge on any atom is 0.127 e. The van der Waals surface area contributed by atoms with Crippen molar-refractivity contribution in [1.82, 2.24) is 5.32 Å². The van der Waals surface area contributed by atoms with Gasteiger partial charge in [0, 0.05) is 18.8 Å². The molecule has 1 aliphatic rings. The lowest BCUT2D eigenvalue weighted by Crippen LogP contribution is -2.20. The van der Waals surface area contributed by atoms with Crippen molar-refractivity contribution in [3.8, 4) is 11.5 Å². The molecule has 1 aliphatic heterocycles. The summed E-state index contributed by atoms with van der Waals surface area (Å²) in [5.74, 6) is 1.74. The third kappa shape index (κ3) is 2.46. The van der Waals surface area contributed by atoms with Crippen molar-refractivity contribution in [3.63, 3.8) is 0 Å². The minimum absolute atomic E-state index is 0.869. The standard InChI is InChI=1S/C15H16N2O/c1-2-4-14(5-3-1)18-15-8-6-13(7-9-15)17-11-10-16-12-17/h1-9,16H,10-12H2. The van der Waals surface area contributed by atoms with Crippen LogP contribution < -0.4 is 15.0 Å². The maximum atomic E-state index is 5.76. The van der Waals surface area contributed by atoms with E-state index < -0.39 is 0 Å². The smallest absolute Gasteiger partial charge is 0.127 e. The molecule has 1 fully saturated rings.